The van der Waals surface area contributed by atoms with Crippen LogP contribution in [0.15, 0.2) is 192 Å². The number of hydrogen-bond donors (Lipinski definition) is 0. The Morgan fingerprint density at radius 2 is 1.09 bits per heavy atom. The molecular weight excluding hydrogens is 663 g/mol. The monoisotopic (exact) mass is 693 g/mol. The summed E-state index contributed by atoms with van der Waals surface area (Å²) in [6, 6.07) is 68.0. The number of rotatable bonds is 5. The molecule has 0 bridgehead atoms. The summed E-state index contributed by atoms with van der Waals surface area (Å²) in [5.41, 5.74) is 9.82. The van der Waals surface area contributed by atoms with Gasteiger partial charge >= 0.3 is 0 Å². The molecule has 3 heteroatoms. The summed E-state index contributed by atoms with van der Waals surface area (Å²) in [4.78, 5) is 2.43. The van der Waals surface area contributed by atoms with E-state index >= 15 is 0 Å². The summed E-state index contributed by atoms with van der Waals surface area (Å²) in [6.07, 6.45) is 0. The largest absolute Gasteiger partial charge is 0.455 e. The Morgan fingerprint density at radius 3 is 2.00 bits per heavy atom. The molecule has 0 aliphatic rings. The molecule has 11 rings (SSSR count). The average molecular weight is 694 g/mol. The van der Waals surface area contributed by atoms with Gasteiger partial charge in [-0.3, -0.25) is 0 Å². The maximum atomic E-state index is 6.48. The van der Waals surface area contributed by atoms with Gasteiger partial charge in [-0.2, -0.15) is 0 Å². The van der Waals surface area contributed by atoms with Crippen LogP contribution >= 0.6 is 11.3 Å². The zero-order valence-corrected chi connectivity index (χ0v) is 29.5. The van der Waals surface area contributed by atoms with E-state index in [1.165, 1.54) is 47.4 Å². The molecule has 0 aliphatic carbocycles. The molecule has 11 aromatic rings. The van der Waals surface area contributed by atoms with Gasteiger partial charge in [-0.1, -0.05) is 133 Å². The minimum absolute atomic E-state index is 0.898. The second-order valence-corrected chi connectivity index (χ2v) is 14.8. The van der Waals surface area contributed by atoms with E-state index in [1.54, 1.807) is 0 Å². The molecule has 0 spiro atoms. The number of anilines is 3. The molecule has 0 unspecified atom stereocenters. The second kappa shape index (κ2) is 11.9. The highest BCUT2D eigenvalue weighted by molar-refractivity contribution is 7.26. The minimum Gasteiger partial charge on any atom is -0.455 e. The maximum absolute atomic E-state index is 6.48. The Labute approximate surface area is 310 Å². The molecule has 0 atom stereocenters. The summed E-state index contributed by atoms with van der Waals surface area (Å²) < 4.78 is 9.07. The first kappa shape index (κ1) is 30.0. The zero-order valence-electron chi connectivity index (χ0n) is 28.7. The van der Waals surface area contributed by atoms with Gasteiger partial charge in [0.1, 0.15) is 11.2 Å². The van der Waals surface area contributed by atoms with Crippen molar-refractivity contribution in [2.75, 3.05) is 4.90 Å². The average Bonchev–Trinajstić information content (AvgIpc) is 3.80. The van der Waals surface area contributed by atoms with Gasteiger partial charge < -0.3 is 9.32 Å². The maximum Gasteiger partial charge on any atom is 0.143 e. The van der Waals surface area contributed by atoms with Crippen molar-refractivity contribution >= 4 is 92.1 Å². The SMILES string of the molecule is c1ccc(-c2cccc3c2oc2ccc(-c4ccc(N(c5ccc6c(ccc7ccccc76)c5)c5cccc6sc7ccccc7c56)cc4)cc23)cc1. The number of hydrogen-bond acceptors (Lipinski definition) is 3. The van der Waals surface area contributed by atoms with Crippen LogP contribution < -0.4 is 4.90 Å². The fourth-order valence-electron chi connectivity index (χ4n) is 8.14. The van der Waals surface area contributed by atoms with Gasteiger partial charge in [0.2, 0.25) is 0 Å². The van der Waals surface area contributed by atoms with Crippen molar-refractivity contribution in [1.29, 1.82) is 0 Å². The van der Waals surface area contributed by atoms with Gasteiger partial charge in [-0.25, -0.2) is 0 Å². The van der Waals surface area contributed by atoms with Gasteiger partial charge in [-0.15, -0.1) is 11.3 Å². The summed E-state index contributed by atoms with van der Waals surface area (Å²) in [6.45, 7) is 0. The van der Waals surface area contributed by atoms with E-state index in [2.05, 4.69) is 187 Å². The van der Waals surface area contributed by atoms with Crippen LogP contribution in [-0.4, -0.2) is 0 Å². The van der Waals surface area contributed by atoms with E-state index in [0.29, 0.717) is 0 Å². The molecule has 2 nitrogen and oxygen atoms in total. The topological polar surface area (TPSA) is 16.4 Å². The van der Waals surface area contributed by atoms with Gasteiger partial charge in [-0.05, 0) is 92.8 Å². The minimum atomic E-state index is 0.898. The zero-order chi connectivity index (χ0) is 34.9. The Hall–Kier alpha value is -6.68. The number of para-hydroxylation sites is 1. The van der Waals surface area contributed by atoms with Gasteiger partial charge in [0, 0.05) is 47.9 Å². The van der Waals surface area contributed by atoms with E-state index in [4.69, 9.17) is 4.42 Å². The lowest BCUT2D eigenvalue weighted by Crippen LogP contribution is -2.10. The van der Waals surface area contributed by atoms with Crippen LogP contribution in [0.4, 0.5) is 17.1 Å². The fraction of sp³-hybridized carbons (Fsp3) is 0. The lowest BCUT2D eigenvalue weighted by molar-refractivity contribution is 0.670. The normalized spacial score (nSPS) is 11.8. The number of thiophene rings is 1. The molecule has 0 N–H and O–H groups in total. The third-order valence-corrected chi connectivity index (χ3v) is 11.8. The first-order chi connectivity index (χ1) is 26.3. The third-order valence-electron chi connectivity index (χ3n) is 10.6. The van der Waals surface area contributed by atoms with E-state index in [0.717, 1.165) is 55.6 Å². The van der Waals surface area contributed by atoms with E-state index in [1.807, 2.05) is 17.4 Å². The highest BCUT2D eigenvalue weighted by atomic mass is 32.1. The predicted octanol–water partition coefficient (Wildman–Crippen LogP) is 15.1. The predicted molar refractivity (Wildman–Crippen MR) is 227 cm³/mol. The smallest absolute Gasteiger partial charge is 0.143 e. The first-order valence-corrected chi connectivity index (χ1v) is 18.8. The number of furan rings is 1. The lowest BCUT2D eigenvalue weighted by Gasteiger charge is -2.27. The van der Waals surface area contributed by atoms with Crippen LogP contribution in [0, 0.1) is 0 Å². The Morgan fingerprint density at radius 1 is 0.396 bits per heavy atom. The van der Waals surface area contributed by atoms with Crippen molar-refractivity contribution in [2.45, 2.75) is 0 Å². The molecule has 0 saturated heterocycles. The van der Waals surface area contributed by atoms with Crippen LogP contribution in [0.2, 0.25) is 0 Å². The molecule has 2 aromatic heterocycles. The molecule has 0 radical (unpaired) electrons. The summed E-state index contributed by atoms with van der Waals surface area (Å²) >= 11 is 1.85. The lowest BCUT2D eigenvalue weighted by atomic mass is 9.99. The van der Waals surface area contributed by atoms with Gasteiger partial charge in [0.25, 0.3) is 0 Å². The van der Waals surface area contributed by atoms with Crippen molar-refractivity contribution in [3.8, 4) is 22.3 Å². The molecule has 0 amide bonds. The standard InChI is InChI=1S/C50H31NOS/c1-2-10-33(11-3-1)41-15-8-16-42-44-31-35(24-29-46(44)52-50(41)42)32-22-25-37(26-23-32)51(45-17-9-19-48-49(45)43-14-6-7-18-47(43)53-48)38-27-28-40-36(30-38)21-20-34-12-4-5-13-39(34)40/h1-31H. The Bertz CT molecular complexity index is 3170. The van der Waals surface area contributed by atoms with Crippen LogP contribution in [0.1, 0.15) is 0 Å². The van der Waals surface area contributed by atoms with Crippen molar-refractivity contribution in [3.63, 3.8) is 0 Å². The van der Waals surface area contributed by atoms with Crippen molar-refractivity contribution in [1.82, 2.24) is 0 Å². The number of nitrogens with zero attached hydrogens (tertiary/aromatic N) is 1. The molecule has 9 aromatic carbocycles. The fourth-order valence-corrected chi connectivity index (χ4v) is 9.26. The highest BCUT2D eigenvalue weighted by Crippen LogP contribution is 2.46. The van der Waals surface area contributed by atoms with Crippen molar-refractivity contribution in [2.24, 2.45) is 0 Å². The molecule has 53 heavy (non-hydrogen) atoms. The molecule has 0 aliphatic heterocycles. The van der Waals surface area contributed by atoms with E-state index < -0.39 is 0 Å². The third kappa shape index (κ3) is 4.86. The molecule has 0 fully saturated rings. The molecule has 0 saturated carbocycles. The summed E-state index contributed by atoms with van der Waals surface area (Å²) in [5, 5.41) is 9.84. The van der Waals surface area contributed by atoms with Crippen LogP contribution in [0.3, 0.4) is 0 Å². The van der Waals surface area contributed by atoms with E-state index in [9.17, 15) is 0 Å². The summed E-state index contributed by atoms with van der Waals surface area (Å²) in [5.74, 6) is 0. The van der Waals surface area contributed by atoms with Crippen LogP contribution in [0.25, 0.3) is 85.9 Å². The Kier molecular flexibility index (Phi) is 6.76. The highest BCUT2D eigenvalue weighted by Gasteiger charge is 2.20. The van der Waals surface area contributed by atoms with Gasteiger partial charge in [0.15, 0.2) is 0 Å². The number of benzene rings is 9. The number of fused-ring (bicyclic) bond motifs is 9. The van der Waals surface area contributed by atoms with Gasteiger partial charge in [0.05, 0.1) is 5.69 Å². The second-order valence-electron chi connectivity index (χ2n) is 13.7. The molecule has 248 valence electrons. The Balaban J connectivity index is 1.06. The van der Waals surface area contributed by atoms with Crippen LogP contribution in [-0.2, 0) is 0 Å². The van der Waals surface area contributed by atoms with E-state index in [-0.39, 0.29) is 0 Å². The van der Waals surface area contributed by atoms with Crippen molar-refractivity contribution < 1.29 is 4.42 Å². The molecular formula is C50H31NOS. The molecule has 2 heterocycles. The van der Waals surface area contributed by atoms with Crippen molar-refractivity contribution in [3.05, 3.63) is 188 Å². The van der Waals surface area contributed by atoms with Crippen LogP contribution in [0.5, 0.6) is 0 Å². The first-order valence-electron chi connectivity index (χ1n) is 18.0. The quantitative estimate of drug-likeness (QED) is 0.167. The summed E-state index contributed by atoms with van der Waals surface area (Å²) in [7, 11) is 0.